The summed E-state index contributed by atoms with van der Waals surface area (Å²) in [4.78, 5) is 56.8. The second kappa shape index (κ2) is 35.5. The van der Waals surface area contributed by atoms with Gasteiger partial charge in [-0.1, -0.05) is 177 Å². The van der Waals surface area contributed by atoms with Crippen LogP contribution < -0.4 is 0 Å². The molecule has 4 aromatic rings. The fraction of sp³-hybridized carbons (Fsp3) is 0.594. The normalized spacial score (nSPS) is 13.4. The number of nitrogens with zero attached hydrogens (tertiary/aromatic N) is 2. The summed E-state index contributed by atoms with van der Waals surface area (Å²) in [5.41, 5.74) is 2.16. The van der Waals surface area contributed by atoms with Crippen molar-refractivity contribution in [1.82, 2.24) is 9.97 Å². The molecule has 0 aliphatic rings. The molecule has 0 spiro atoms. The molecule has 10 nitrogen and oxygen atoms in total. The molecule has 2 aromatic carbocycles. The lowest BCUT2D eigenvalue weighted by Crippen LogP contribution is -2.45. The van der Waals surface area contributed by atoms with Crippen LogP contribution in [0.4, 0.5) is 0 Å². The van der Waals surface area contributed by atoms with Gasteiger partial charge in [0.1, 0.15) is 11.4 Å². The Morgan fingerprint density at radius 3 is 1.39 bits per heavy atom. The van der Waals surface area contributed by atoms with E-state index in [0.29, 0.717) is 43.0 Å². The number of esters is 2. The molecule has 0 bridgehead atoms. The van der Waals surface area contributed by atoms with E-state index in [1.807, 2.05) is 54.7 Å². The van der Waals surface area contributed by atoms with Crippen LogP contribution in [-0.2, 0) is 27.9 Å². The lowest BCUT2D eigenvalue weighted by atomic mass is 9.96. The van der Waals surface area contributed by atoms with Crippen LogP contribution in [0.1, 0.15) is 201 Å². The van der Waals surface area contributed by atoms with Gasteiger partial charge >= 0.3 is 11.9 Å². The van der Waals surface area contributed by atoms with Gasteiger partial charge in [-0.15, -0.1) is 6.58 Å². The molecular formula is C64H103BrN2O8Si2. The number of benzene rings is 2. The highest BCUT2D eigenvalue weighted by Crippen LogP contribution is 2.40. The predicted molar refractivity (Wildman–Crippen MR) is 335 cm³/mol. The Kier molecular flexibility index (Phi) is 33.6. The van der Waals surface area contributed by atoms with Gasteiger partial charge in [-0.25, -0.2) is 0 Å². The molecule has 0 aliphatic heterocycles. The fourth-order valence-corrected chi connectivity index (χ4v) is 11.2. The van der Waals surface area contributed by atoms with Gasteiger partial charge in [0, 0.05) is 58.9 Å². The largest absolute Gasteiger partial charge is 0.469 e. The quantitative estimate of drug-likeness (QED) is 0.0187. The van der Waals surface area contributed by atoms with E-state index in [-0.39, 0.29) is 66.6 Å². The summed E-state index contributed by atoms with van der Waals surface area (Å²) < 4.78 is 23.8. The molecule has 2 aromatic heterocycles. The number of methoxy groups -OCH3 is 2. The molecule has 0 unspecified atom stereocenters. The number of ether oxygens (including phenoxy) is 2. The van der Waals surface area contributed by atoms with Crippen LogP contribution in [-0.4, -0.2) is 76.5 Å². The Labute approximate surface area is 478 Å². The molecule has 0 saturated heterocycles. The third-order valence-electron chi connectivity index (χ3n) is 14.9. The van der Waals surface area contributed by atoms with E-state index in [1.54, 1.807) is 6.20 Å². The first kappa shape index (κ1) is 72.9. The zero-order valence-electron chi connectivity index (χ0n) is 49.0. The minimum Gasteiger partial charge on any atom is -0.469 e. The van der Waals surface area contributed by atoms with E-state index in [0.717, 1.165) is 95.8 Å². The summed E-state index contributed by atoms with van der Waals surface area (Å²) in [6.07, 6.45) is 21.3. The number of Topliss-reactive ketones (excluding diaryl/α,β-unsaturated/α-hetero) is 2. The second-order valence-electron chi connectivity index (χ2n) is 23.0. The Balaban J connectivity index is 0.00000122. The average Bonchev–Trinajstić information content (AvgIpc) is 3.36. The molecule has 0 fully saturated rings. The number of rotatable bonds is 27. The van der Waals surface area contributed by atoms with Crippen molar-refractivity contribution in [2.45, 2.75) is 222 Å². The summed E-state index contributed by atoms with van der Waals surface area (Å²) in [6, 6.07) is 15.9. The number of carbonyl (C=O) groups excluding carboxylic acids is 4. The van der Waals surface area contributed by atoms with Crippen molar-refractivity contribution in [3.05, 3.63) is 101 Å². The van der Waals surface area contributed by atoms with Crippen LogP contribution in [0.15, 0.2) is 84.1 Å². The van der Waals surface area contributed by atoms with Gasteiger partial charge in [0.05, 0.1) is 26.4 Å². The third kappa shape index (κ3) is 24.0. The van der Waals surface area contributed by atoms with Crippen molar-refractivity contribution in [3.63, 3.8) is 0 Å². The Morgan fingerprint density at radius 2 is 0.987 bits per heavy atom. The first-order chi connectivity index (χ1) is 35.2. The molecule has 13 heteroatoms. The molecule has 0 radical (unpaired) electrons. The number of aromatic nitrogens is 2. The number of carbonyl (C=O) groups is 4. The second-order valence-corrected chi connectivity index (χ2v) is 33.3. The van der Waals surface area contributed by atoms with E-state index in [9.17, 15) is 19.2 Å². The maximum Gasteiger partial charge on any atom is 0.305 e. The summed E-state index contributed by atoms with van der Waals surface area (Å²) in [6.45, 7) is 35.0. The van der Waals surface area contributed by atoms with E-state index >= 15 is 0 Å². The number of unbranched alkanes of at least 4 members (excludes halogenated alkanes) is 4. The lowest BCUT2D eigenvalue weighted by molar-refractivity contribution is -0.141. The molecule has 0 aliphatic carbocycles. The van der Waals surface area contributed by atoms with E-state index in [1.165, 1.54) is 14.2 Å². The average molecular weight is 1160 g/mol. The van der Waals surface area contributed by atoms with Crippen molar-refractivity contribution in [3.8, 4) is 0 Å². The summed E-state index contributed by atoms with van der Waals surface area (Å²) in [7, 11) is -0.940. The smallest absolute Gasteiger partial charge is 0.305 e. The number of pyridine rings is 2. The molecule has 4 rings (SSSR count). The highest BCUT2D eigenvalue weighted by molar-refractivity contribution is 9.10. The first-order valence-corrected chi connectivity index (χ1v) is 34.1. The van der Waals surface area contributed by atoms with Crippen LogP contribution in [0.5, 0.6) is 0 Å². The molecule has 2 heterocycles. The number of hydrogen-bond acceptors (Lipinski definition) is 10. The van der Waals surface area contributed by atoms with E-state index < -0.39 is 16.6 Å². The van der Waals surface area contributed by atoms with Gasteiger partial charge in [-0.05, 0) is 113 Å². The number of hydrogen-bond donors (Lipinski definition) is 0. The van der Waals surface area contributed by atoms with Crippen LogP contribution >= 0.6 is 15.9 Å². The Hall–Kier alpha value is -4.15. The Morgan fingerprint density at radius 1 is 0.597 bits per heavy atom. The van der Waals surface area contributed by atoms with Crippen molar-refractivity contribution in [2.24, 2.45) is 11.8 Å². The van der Waals surface area contributed by atoms with Crippen LogP contribution in [0.3, 0.4) is 0 Å². The van der Waals surface area contributed by atoms with Crippen LogP contribution in [0.2, 0.25) is 36.3 Å². The molecular weight excluding hydrogens is 1060 g/mol. The number of fused-ring (bicyclic) bond motifs is 2. The maximum absolute atomic E-state index is 12.9. The van der Waals surface area contributed by atoms with Gasteiger partial charge < -0.3 is 18.3 Å². The Bertz CT molecular complexity index is 2460. The number of halogens is 1. The van der Waals surface area contributed by atoms with Crippen LogP contribution in [0, 0.1) is 11.8 Å². The van der Waals surface area contributed by atoms with Crippen molar-refractivity contribution in [2.75, 3.05) is 14.2 Å². The third-order valence-corrected chi connectivity index (χ3v) is 24.6. The highest BCUT2D eigenvalue weighted by Gasteiger charge is 2.41. The lowest BCUT2D eigenvalue weighted by Gasteiger charge is -2.40. The van der Waals surface area contributed by atoms with Crippen molar-refractivity contribution < 1.29 is 37.5 Å². The fourth-order valence-electron chi connectivity index (χ4n) is 7.86. The molecule has 0 saturated carbocycles. The maximum atomic E-state index is 12.9. The predicted octanol–water partition coefficient (Wildman–Crippen LogP) is 19.0. The SMILES string of the molecule is C.C.C=C[C@@H](C)[C@H](CCCC(=O)OC)O[Si](C)(C)C(C)(C)C.CCCCCC(=O)c1ncc(/C=C/[C@@H](C)[C@H](CCCC(=O)OC)O[Si](C)(C)C(C)(C)C)c2ccccc12.CCCCCC(=O)c1ncc(Br)c2ccccc12. The summed E-state index contributed by atoms with van der Waals surface area (Å²) in [5.74, 6) is 0.357. The monoisotopic (exact) mass is 1160 g/mol. The molecule has 4 atom stereocenters. The van der Waals surface area contributed by atoms with Gasteiger partial charge in [0.2, 0.25) is 0 Å². The summed E-state index contributed by atoms with van der Waals surface area (Å²) in [5, 5.41) is 4.21. The molecule has 432 valence electrons. The van der Waals surface area contributed by atoms with Crippen molar-refractivity contribution in [1.29, 1.82) is 0 Å². The standard InChI is InChI=1S/C31H47NO4Si.C16H32O3Si.C15H16BrNO.2CH4/c1-9-10-11-17-27(33)30-26-16-13-12-15-25(26)24(22-32-30)21-20-23(2)28(18-14-19-29(34)35-6)36-37(7,8)31(3,4)5;1-9-13(2)14(11-10-12-15(17)18-6)19-20(7,8)16(3,4)5;1-2-3-4-9-14(18)15-12-8-6-5-7-11(12)13(16)10-17-15;;/h12-13,15-16,20-23,28H,9-11,14,17-19H2,1-8H3;9,13-14H,1,10-12H2,2-8H3;5-8,10H,2-4,9H2,1H3;2*1H4/b21-20+;;;;/t23-,28+;13-,14+;;;/m11.../s1. The van der Waals surface area contributed by atoms with Gasteiger partial charge in [0.25, 0.3) is 0 Å². The minimum absolute atomic E-state index is 0. The number of ketones is 2. The van der Waals surface area contributed by atoms with E-state index in [4.69, 9.17) is 13.6 Å². The highest BCUT2D eigenvalue weighted by atomic mass is 79.9. The van der Waals surface area contributed by atoms with Gasteiger partial charge in [0.15, 0.2) is 28.2 Å². The van der Waals surface area contributed by atoms with Crippen molar-refractivity contribution >= 4 is 83.7 Å². The van der Waals surface area contributed by atoms with Gasteiger partial charge in [-0.2, -0.15) is 0 Å². The van der Waals surface area contributed by atoms with Gasteiger partial charge in [-0.3, -0.25) is 29.1 Å². The van der Waals surface area contributed by atoms with Crippen LogP contribution in [0.25, 0.3) is 27.6 Å². The first-order valence-electron chi connectivity index (χ1n) is 27.5. The zero-order chi connectivity index (χ0) is 56.6. The minimum atomic E-state index is -2.00. The summed E-state index contributed by atoms with van der Waals surface area (Å²) >= 11 is 3.47. The molecule has 0 N–H and O–H groups in total. The molecule has 0 amide bonds. The molecule has 77 heavy (non-hydrogen) atoms. The topological polar surface area (TPSA) is 131 Å². The zero-order valence-corrected chi connectivity index (χ0v) is 52.5. The van der Waals surface area contributed by atoms with E-state index in [2.05, 4.69) is 151 Å².